The second-order valence-electron chi connectivity index (χ2n) is 8.51. The average molecular weight is 495 g/mol. The fraction of sp³-hybridized carbons (Fsp3) is 0.429. The zero-order valence-corrected chi connectivity index (χ0v) is 19.4. The number of methoxy groups -OCH3 is 1. The van der Waals surface area contributed by atoms with Crippen LogP contribution in [0, 0.1) is 0 Å². The van der Waals surface area contributed by atoms with E-state index in [4.69, 9.17) is 27.9 Å². The third-order valence-corrected chi connectivity index (χ3v) is 8.43. The number of alkyl halides is 2. The molecule has 1 saturated carbocycles. The highest BCUT2D eigenvalue weighted by Gasteiger charge is 2.75. The molecule has 0 spiro atoms. The Kier molecular flexibility index (Phi) is 4.48. The number of aromatic nitrogens is 3. The van der Waals surface area contributed by atoms with Crippen molar-refractivity contribution in [1.29, 1.82) is 0 Å². The van der Waals surface area contributed by atoms with Crippen molar-refractivity contribution in [2.24, 2.45) is 7.05 Å². The number of likely N-dealkylation sites (tertiary alicyclic amines) is 1. The fourth-order valence-corrected chi connectivity index (χ4v) is 6.35. The number of rotatable bonds is 2. The molecule has 1 aliphatic carbocycles. The molecule has 2 aliphatic heterocycles. The molecule has 4 atom stereocenters. The topological polar surface area (TPSA) is 116 Å². The molecule has 3 aliphatic rings. The molecule has 1 aromatic heterocycles. The first-order valence-electron chi connectivity index (χ1n) is 10.1. The maximum absolute atomic E-state index is 13.4. The van der Waals surface area contributed by atoms with Crippen molar-refractivity contribution in [2.45, 2.75) is 34.7 Å². The van der Waals surface area contributed by atoms with Gasteiger partial charge in [0.05, 0.1) is 19.7 Å². The van der Waals surface area contributed by atoms with E-state index in [2.05, 4.69) is 0 Å². The quantitative estimate of drug-likeness (QED) is 0.373. The van der Waals surface area contributed by atoms with Crippen LogP contribution in [0.25, 0.3) is 0 Å². The molecule has 0 unspecified atom stereocenters. The lowest BCUT2D eigenvalue weighted by Crippen LogP contribution is -2.59. The summed E-state index contributed by atoms with van der Waals surface area (Å²) in [7, 11) is 4.10. The third kappa shape index (κ3) is 2.45. The Morgan fingerprint density at radius 3 is 2.42 bits per heavy atom. The van der Waals surface area contributed by atoms with Gasteiger partial charge in [-0.3, -0.25) is 14.5 Å². The third-order valence-electron chi connectivity index (χ3n) is 7.02. The number of fused-ring (bicyclic) bond motifs is 4. The summed E-state index contributed by atoms with van der Waals surface area (Å²) < 4.78 is 8.64. The number of amides is 2. The van der Waals surface area contributed by atoms with E-state index in [1.165, 1.54) is 36.6 Å². The maximum Gasteiger partial charge on any atom is 0.347 e. The number of nitrogens with zero attached hydrogens (tertiary/aromatic N) is 4. The smallest absolute Gasteiger partial charge is 0.347 e. The second-order valence-corrected chi connectivity index (χ2v) is 9.76. The lowest BCUT2D eigenvalue weighted by atomic mass is 9.64. The molecule has 1 saturated heterocycles. The molecule has 2 fully saturated rings. The van der Waals surface area contributed by atoms with Gasteiger partial charge >= 0.3 is 11.4 Å². The molecule has 1 aromatic carbocycles. The molecule has 2 aromatic rings. The highest BCUT2D eigenvalue weighted by Crippen LogP contribution is 2.64. The Morgan fingerprint density at radius 1 is 1.09 bits per heavy atom. The van der Waals surface area contributed by atoms with Gasteiger partial charge in [0.15, 0.2) is 9.75 Å². The minimum Gasteiger partial charge on any atom is -0.508 e. The molecule has 1 N–H and O–H groups in total. The molecule has 2 amide bonds. The Morgan fingerprint density at radius 2 is 1.79 bits per heavy atom. The van der Waals surface area contributed by atoms with Gasteiger partial charge in [0.25, 0.3) is 11.8 Å². The summed E-state index contributed by atoms with van der Waals surface area (Å²) in [6.07, 6.45) is 1.52. The van der Waals surface area contributed by atoms with Crippen LogP contribution in [0.2, 0.25) is 0 Å². The van der Waals surface area contributed by atoms with Gasteiger partial charge in [-0.15, -0.1) is 23.2 Å². The summed E-state index contributed by atoms with van der Waals surface area (Å²) in [6.45, 7) is 0.0500. The maximum atomic E-state index is 13.4. The molecular formula is C21H20Cl2N4O6. The van der Waals surface area contributed by atoms with Crippen molar-refractivity contribution in [3.63, 3.8) is 0 Å². The van der Waals surface area contributed by atoms with E-state index < -0.39 is 44.9 Å². The largest absolute Gasteiger partial charge is 0.508 e. The molecular weight excluding hydrogens is 475 g/mol. The van der Waals surface area contributed by atoms with Gasteiger partial charge in [-0.25, -0.2) is 23.5 Å². The minimum atomic E-state index is -1.96. The molecule has 3 heterocycles. The monoisotopic (exact) mass is 494 g/mol. The van der Waals surface area contributed by atoms with E-state index in [-0.39, 0.29) is 24.3 Å². The number of carbonyl (C=O) groups excluding carboxylic acids is 2. The van der Waals surface area contributed by atoms with Crippen LogP contribution in [0.1, 0.15) is 23.9 Å². The Bertz CT molecular complexity index is 1390. The van der Waals surface area contributed by atoms with Crippen LogP contribution in [0.3, 0.4) is 0 Å². The first kappa shape index (κ1) is 21.8. The molecule has 33 heavy (non-hydrogen) atoms. The van der Waals surface area contributed by atoms with Crippen LogP contribution in [0.5, 0.6) is 11.5 Å². The predicted octanol–water partition coefficient (Wildman–Crippen LogP) is 0.685. The standard InChI is InChI=1S/C21H20Cl2N4O6/c1-24-16(29)20(22)9-13-11(6-7-26-18(31)25(2)19(32)27(13)26)15(21(20,23)17(24)30)12-5-4-10(33-3)8-14(12)28/h4-6,8,13,15,28H,7,9H2,1-3H3/t13-,15-,20-,21+/m1/s1. The summed E-state index contributed by atoms with van der Waals surface area (Å²) in [5, 5.41) is 10.9. The summed E-state index contributed by atoms with van der Waals surface area (Å²) in [5.41, 5.74) is -0.328. The summed E-state index contributed by atoms with van der Waals surface area (Å²) in [5.74, 6) is -2.30. The van der Waals surface area contributed by atoms with Crippen molar-refractivity contribution in [2.75, 3.05) is 14.2 Å². The van der Waals surface area contributed by atoms with E-state index in [1.807, 2.05) is 0 Å². The van der Waals surface area contributed by atoms with Crippen LogP contribution in [-0.2, 0) is 23.2 Å². The van der Waals surface area contributed by atoms with Gasteiger partial charge < -0.3 is 9.84 Å². The zero-order valence-electron chi connectivity index (χ0n) is 17.9. The molecule has 10 nitrogen and oxygen atoms in total. The fourth-order valence-electron chi connectivity index (χ4n) is 5.36. The number of halogens is 2. The summed E-state index contributed by atoms with van der Waals surface area (Å²) in [6, 6.07) is 3.68. The lowest BCUT2D eigenvalue weighted by molar-refractivity contribution is -0.137. The first-order valence-corrected chi connectivity index (χ1v) is 10.9. The van der Waals surface area contributed by atoms with Crippen LogP contribution < -0.4 is 16.1 Å². The molecule has 174 valence electrons. The zero-order chi connectivity index (χ0) is 24.0. The van der Waals surface area contributed by atoms with Crippen molar-refractivity contribution in [3.8, 4) is 11.5 Å². The number of phenols is 1. The van der Waals surface area contributed by atoms with Crippen molar-refractivity contribution in [3.05, 3.63) is 56.4 Å². The Labute approximate surface area is 197 Å². The van der Waals surface area contributed by atoms with E-state index in [0.717, 1.165) is 9.47 Å². The normalized spacial score (nSPS) is 30.6. The lowest BCUT2D eigenvalue weighted by Gasteiger charge is -2.49. The highest BCUT2D eigenvalue weighted by atomic mass is 35.5. The molecule has 5 rings (SSSR count). The minimum absolute atomic E-state index is 0.0500. The van der Waals surface area contributed by atoms with Crippen LogP contribution in [0.4, 0.5) is 0 Å². The molecule has 12 heteroatoms. The van der Waals surface area contributed by atoms with Gasteiger partial charge in [-0.1, -0.05) is 12.1 Å². The number of aromatic hydroxyl groups is 1. The van der Waals surface area contributed by atoms with E-state index >= 15 is 0 Å². The number of hydrogen-bond donors (Lipinski definition) is 1. The van der Waals surface area contributed by atoms with Gasteiger partial charge in [-0.2, -0.15) is 0 Å². The second kappa shape index (κ2) is 6.77. The number of phenolic OH excluding ortho intramolecular Hbond substituents is 1. The van der Waals surface area contributed by atoms with Gasteiger partial charge in [0.1, 0.15) is 11.5 Å². The first-order chi connectivity index (χ1) is 15.5. The van der Waals surface area contributed by atoms with Gasteiger partial charge in [-0.05, 0) is 11.6 Å². The predicted molar refractivity (Wildman–Crippen MR) is 118 cm³/mol. The van der Waals surface area contributed by atoms with E-state index in [1.54, 1.807) is 18.2 Å². The van der Waals surface area contributed by atoms with Crippen molar-refractivity contribution >= 4 is 35.0 Å². The summed E-state index contributed by atoms with van der Waals surface area (Å²) >= 11 is 13.9. The Balaban J connectivity index is 1.82. The van der Waals surface area contributed by atoms with Crippen LogP contribution in [0.15, 0.2) is 39.4 Å². The SMILES string of the molecule is COc1ccc([C@H]2C3=CCn4c(=O)n(C)c(=O)n4[C@@H]3C[C@@]3(Cl)C(=O)N(C)C(=O)[C@@]23Cl)c(O)c1. The Hall–Kier alpha value is -2.98. The number of carbonyl (C=O) groups is 2. The van der Waals surface area contributed by atoms with Crippen molar-refractivity contribution < 1.29 is 19.4 Å². The summed E-state index contributed by atoms with van der Waals surface area (Å²) in [4.78, 5) is 49.1. The number of benzene rings is 1. The van der Waals surface area contributed by atoms with Gasteiger partial charge in [0, 0.05) is 38.1 Å². The van der Waals surface area contributed by atoms with Crippen molar-refractivity contribution in [1.82, 2.24) is 18.8 Å². The average Bonchev–Trinajstić information content (AvgIpc) is 3.09. The number of imide groups is 1. The molecule has 0 radical (unpaired) electrons. The van der Waals surface area contributed by atoms with Crippen LogP contribution in [-0.4, -0.2) is 59.7 Å². The molecule has 0 bridgehead atoms. The number of allylic oxidation sites excluding steroid dienone is 2. The number of hydrogen-bond acceptors (Lipinski definition) is 6. The van der Waals surface area contributed by atoms with Gasteiger partial charge in [0.2, 0.25) is 0 Å². The van der Waals surface area contributed by atoms with Crippen LogP contribution >= 0.6 is 23.2 Å². The van der Waals surface area contributed by atoms with E-state index in [9.17, 15) is 24.3 Å². The number of ether oxygens (including phenoxy) is 1. The van der Waals surface area contributed by atoms with E-state index in [0.29, 0.717) is 11.3 Å². The highest BCUT2D eigenvalue weighted by molar-refractivity contribution is 6.53.